The minimum Gasteiger partial charge on any atom is -0.243 e. The van der Waals surface area contributed by atoms with Crippen LogP contribution in [0.2, 0.25) is 0 Å². The summed E-state index contributed by atoms with van der Waals surface area (Å²) in [7, 11) is 0. The summed E-state index contributed by atoms with van der Waals surface area (Å²) >= 11 is 0. The number of aromatic nitrogens is 2. The zero-order valence-corrected chi connectivity index (χ0v) is 11.3. The standard InChI is InChI=1S/C14H7F5N2O/c1-4-3-6(5(2)14-13(4)20-22-21-14)7-8(15)10(17)12(19)11(18)9(7)16/h3H,1-2H3. The van der Waals surface area contributed by atoms with E-state index in [2.05, 4.69) is 14.9 Å². The van der Waals surface area contributed by atoms with Crippen molar-refractivity contribution >= 4 is 11.0 Å². The van der Waals surface area contributed by atoms with Crippen LogP contribution in [0.15, 0.2) is 10.7 Å². The normalized spacial score (nSPS) is 11.4. The number of hydrogen-bond acceptors (Lipinski definition) is 3. The number of fused-ring (bicyclic) bond motifs is 1. The van der Waals surface area contributed by atoms with E-state index < -0.39 is 34.6 Å². The van der Waals surface area contributed by atoms with Crippen molar-refractivity contribution in [3.8, 4) is 11.1 Å². The van der Waals surface area contributed by atoms with Crippen LogP contribution in [0.5, 0.6) is 0 Å². The van der Waals surface area contributed by atoms with Gasteiger partial charge < -0.3 is 0 Å². The van der Waals surface area contributed by atoms with Crippen molar-refractivity contribution in [1.29, 1.82) is 0 Å². The molecule has 2 aromatic carbocycles. The fourth-order valence-corrected chi connectivity index (χ4v) is 2.32. The fraction of sp³-hybridized carbons (Fsp3) is 0.143. The van der Waals surface area contributed by atoms with E-state index in [4.69, 9.17) is 0 Å². The van der Waals surface area contributed by atoms with E-state index in [-0.39, 0.29) is 16.6 Å². The van der Waals surface area contributed by atoms with Crippen molar-refractivity contribution in [2.45, 2.75) is 13.8 Å². The van der Waals surface area contributed by atoms with E-state index in [1.54, 1.807) is 6.92 Å². The van der Waals surface area contributed by atoms with Crippen molar-refractivity contribution in [3.05, 3.63) is 46.3 Å². The lowest BCUT2D eigenvalue weighted by Gasteiger charge is -2.12. The molecule has 0 saturated carbocycles. The van der Waals surface area contributed by atoms with Gasteiger partial charge in [-0.05, 0) is 46.9 Å². The van der Waals surface area contributed by atoms with Crippen molar-refractivity contribution in [2.75, 3.05) is 0 Å². The summed E-state index contributed by atoms with van der Waals surface area (Å²) < 4.78 is 72.3. The van der Waals surface area contributed by atoms with Crippen LogP contribution in [0.4, 0.5) is 22.0 Å². The van der Waals surface area contributed by atoms with Gasteiger partial charge in [-0.1, -0.05) is 0 Å². The molecule has 0 amide bonds. The number of aryl methyl sites for hydroxylation is 2. The largest absolute Gasteiger partial charge is 0.243 e. The molecule has 0 bridgehead atoms. The molecule has 22 heavy (non-hydrogen) atoms. The number of hydrogen-bond donors (Lipinski definition) is 0. The molecule has 0 aliphatic heterocycles. The lowest BCUT2D eigenvalue weighted by atomic mass is 9.95. The number of benzene rings is 2. The first-order valence-electron chi connectivity index (χ1n) is 6.08. The van der Waals surface area contributed by atoms with Gasteiger partial charge in [0.05, 0.1) is 5.56 Å². The Morgan fingerprint density at radius 1 is 0.773 bits per heavy atom. The first kappa shape index (κ1) is 14.4. The Balaban J connectivity index is 2.45. The zero-order valence-electron chi connectivity index (χ0n) is 11.3. The van der Waals surface area contributed by atoms with Gasteiger partial charge >= 0.3 is 0 Å². The Hall–Kier alpha value is -2.51. The van der Waals surface area contributed by atoms with Gasteiger partial charge in [-0.15, -0.1) is 0 Å². The fourth-order valence-electron chi connectivity index (χ4n) is 2.32. The monoisotopic (exact) mass is 314 g/mol. The third-order valence-corrected chi connectivity index (χ3v) is 3.46. The minimum atomic E-state index is -2.20. The lowest BCUT2D eigenvalue weighted by molar-refractivity contribution is 0.315. The SMILES string of the molecule is Cc1cc(-c2c(F)c(F)c(F)c(F)c2F)c(C)c2nonc12. The highest BCUT2D eigenvalue weighted by atomic mass is 19.2. The molecular weight excluding hydrogens is 307 g/mol. The summed E-state index contributed by atoms with van der Waals surface area (Å²) in [4.78, 5) is 0. The van der Waals surface area contributed by atoms with E-state index in [1.165, 1.54) is 13.0 Å². The van der Waals surface area contributed by atoms with E-state index in [1.807, 2.05) is 0 Å². The Bertz CT molecular complexity index is 890. The van der Waals surface area contributed by atoms with E-state index >= 15 is 0 Å². The molecule has 0 fully saturated rings. The van der Waals surface area contributed by atoms with Crippen LogP contribution in [0, 0.1) is 42.9 Å². The second-order valence-corrected chi connectivity index (χ2v) is 4.77. The predicted molar refractivity (Wildman–Crippen MR) is 66.5 cm³/mol. The third kappa shape index (κ3) is 1.79. The molecule has 0 radical (unpaired) electrons. The highest BCUT2D eigenvalue weighted by molar-refractivity contribution is 5.88. The van der Waals surface area contributed by atoms with Gasteiger partial charge in [0, 0.05) is 0 Å². The Labute approximate surface area is 120 Å². The van der Waals surface area contributed by atoms with E-state index in [0.717, 1.165) is 0 Å². The highest BCUT2D eigenvalue weighted by Gasteiger charge is 2.28. The minimum absolute atomic E-state index is 0.159. The summed E-state index contributed by atoms with van der Waals surface area (Å²) in [5, 5.41) is 7.22. The summed E-state index contributed by atoms with van der Waals surface area (Å²) in [6.45, 7) is 2.99. The summed E-state index contributed by atoms with van der Waals surface area (Å²) in [6, 6.07) is 1.28. The number of nitrogens with zero attached hydrogens (tertiary/aromatic N) is 2. The second-order valence-electron chi connectivity index (χ2n) is 4.77. The van der Waals surface area contributed by atoms with Gasteiger partial charge in [0.15, 0.2) is 23.3 Å². The summed E-state index contributed by atoms with van der Waals surface area (Å²) in [6.07, 6.45) is 0. The van der Waals surface area contributed by atoms with Gasteiger partial charge in [-0.3, -0.25) is 0 Å². The van der Waals surface area contributed by atoms with Gasteiger partial charge in [-0.2, -0.15) is 0 Å². The first-order valence-corrected chi connectivity index (χ1v) is 6.08. The average molecular weight is 314 g/mol. The molecular formula is C14H7F5N2O. The van der Waals surface area contributed by atoms with Gasteiger partial charge in [-0.25, -0.2) is 26.6 Å². The molecule has 0 saturated heterocycles. The molecule has 1 heterocycles. The van der Waals surface area contributed by atoms with Crippen molar-refractivity contribution in [2.24, 2.45) is 0 Å². The molecule has 1 aromatic heterocycles. The maximum Gasteiger partial charge on any atom is 0.200 e. The Morgan fingerprint density at radius 3 is 1.86 bits per heavy atom. The molecule has 0 atom stereocenters. The van der Waals surface area contributed by atoms with Gasteiger partial charge in [0.25, 0.3) is 0 Å². The lowest BCUT2D eigenvalue weighted by Crippen LogP contribution is -2.05. The van der Waals surface area contributed by atoms with Crippen LogP contribution in [0.25, 0.3) is 22.2 Å². The van der Waals surface area contributed by atoms with Gasteiger partial charge in [0.1, 0.15) is 11.0 Å². The summed E-state index contributed by atoms with van der Waals surface area (Å²) in [5.74, 6) is -9.98. The molecule has 3 nitrogen and oxygen atoms in total. The summed E-state index contributed by atoms with van der Waals surface area (Å²) in [5.41, 5.74) is 0.0188. The molecule has 3 rings (SSSR count). The Kier molecular flexibility index (Phi) is 3.12. The average Bonchev–Trinajstić information content (AvgIpc) is 2.98. The van der Waals surface area contributed by atoms with Gasteiger partial charge in [0.2, 0.25) is 5.82 Å². The van der Waals surface area contributed by atoms with Crippen LogP contribution < -0.4 is 0 Å². The van der Waals surface area contributed by atoms with Crippen LogP contribution in [0.1, 0.15) is 11.1 Å². The number of rotatable bonds is 1. The van der Waals surface area contributed by atoms with Crippen LogP contribution in [0.3, 0.4) is 0 Å². The third-order valence-electron chi connectivity index (χ3n) is 3.46. The van der Waals surface area contributed by atoms with Crippen molar-refractivity contribution in [1.82, 2.24) is 10.3 Å². The Morgan fingerprint density at radius 2 is 1.27 bits per heavy atom. The topological polar surface area (TPSA) is 38.9 Å². The van der Waals surface area contributed by atoms with Crippen LogP contribution in [-0.2, 0) is 0 Å². The molecule has 0 spiro atoms. The molecule has 0 aliphatic carbocycles. The highest BCUT2D eigenvalue weighted by Crippen LogP contribution is 2.36. The molecule has 0 unspecified atom stereocenters. The number of halogens is 5. The zero-order chi connectivity index (χ0) is 16.2. The van der Waals surface area contributed by atoms with E-state index in [9.17, 15) is 22.0 Å². The quantitative estimate of drug-likeness (QED) is 0.384. The van der Waals surface area contributed by atoms with Crippen molar-refractivity contribution < 1.29 is 26.6 Å². The van der Waals surface area contributed by atoms with Crippen LogP contribution >= 0.6 is 0 Å². The first-order chi connectivity index (χ1) is 10.3. The molecule has 3 aromatic rings. The smallest absolute Gasteiger partial charge is 0.200 e. The maximum absolute atomic E-state index is 13.9. The van der Waals surface area contributed by atoms with E-state index in [0.29, 0.717) is 11.1 Å². The maximum atomic E-state index is 13.9. The molecule has 0 aliphatic rings. The molecule has 8 heteroatoms. The molecule has 114 valence electrons. The van der Waals surface area contributed by atoms with Crippen molar-refractivity contribution in [3.63, 3.8) is 0 Å². The predicted octanol–water partition coefficient (Wildman–Crippen LogP) is 4.20. The molecule has 0 N–H and O–H groups in total. The second kappa shape index (κ2) is 4.75. The van der Waals surface area contributed by atoms with Crippen LogP contribution in [-0.4, -0.2) is 10.3 Å².